The van der Waals surface area contributed by atoms with Gasteiger partial charge in [-0.05, 0) is 67.4 Å². The third-order valence-corrected chi connectivity index (χ3v) is 5.82. The fourth-order valence-corrected chi connectivity index (χ4v) is 4.21. The molecule has 3 heterocycles. The van der Waals surface area contributed by atoms with Gasteiger partial charge in [0.15, 0.2) is 0 Å². The van der Waals surface area contributed by atoms with Crippen molar-refractivity contribution >= 4 is 22.6 Å². The van der Waals surface area contributed by atoms with Crippen molar-refractivity contribution in [2.24, 2.45) is 5.92 Å². The summed E-state index contributed by atoms with van der Waals surface area (Å²) >= 11 is 0. The summed E-state index contributed by atoms with van der Waals surface area (Å²) < 4.78 is 0. The number of nitrogens with one attached hydrogen (secondary N) is 2. The van der Waals surface area contributed by atoms with Crippen LogP contribution in [-0.4, -0.2) is 38.8 Å². The van der Waals surface area contributed by atoms with Crippen LogP contribution in [0.4, 0.5) is 5.69 Å². The van der Waals surface area contributed by atoms with Crippen molar-refractivity contribution in [3.05, 3.63) is 78.6 Å². The van der Waals surface area contributed by atoms with Crippen LogP contribution in [0.2, 0.25) is 0 Å². The second-order valence-electron chi connectivity index (χ2n) is 8.10. The van der Waals surface area contributed by atoms with Crippen molar-refractivity contribution in [2.45, 2.75) is 19.4 Å². The fourth-order valence-electron chi connectivity index (χ4n) is 4.21. The summed E-state index contributed by atoms with van der Waals surface area (Å²) in [4.78, 5) is 27.4. The van der Waals surface area contributed by atoms with Gasteiger partial charge in [0, 0.05) is 36.7 Å². The predicted molar refractivity (Wildman–Crippen MR) is 122 cm³/mol. The molecule has 2 aromatic carbocycles. The number of H-pyrrole nitrogens is 1. The molecule has 1 aliphatic rings. The molecular formula is C25H25N5O. The maximum absolute atomic E-state index is 12.9. The Morgan fingerprint density at radius 1 is 1.10 bits per heavy atom. The third-order valence-electron chi connectivity index (χ3n) is 5.82. The number of carbonyl (C=O) groups is 1. The Morgan fingerprint density at radius 3 is 2.77 bits per heavy atom. The third kappa shape index (κ3) is 4.49. The maximum Gasteiger partial charge on any atom is 0.228 e. The van der Waals surface area contributed by atoms with Crippen LogP contribution >= 0.6 is 0 Å². The van der Waals surface area contributed by atoms with Crippen molar-refractivity contribution in [3.8, 4) is 11.4 Å². The highest BCUT2D eigenvalue weighted by Gasteiger charge is 2.26. The minimum atomic E-state index is 0.000436. The lowest BCUT2D eigenvalue weighted by atomic mass is 9.96. The molecule has 1 saturated heterocycles. The number of fused-ring (bicyclic) bond motifs is 1. The number of carbonyl (C=O) groups excluding carboxylic acids is 1. The molecule has 4 aromatic rings. The number of benzene rings is 2. The lowest BCUT2D eigenvalue weighted by Gasteiger charge is -2.31. The number of anilines is 1. The quantitative estimate of drug-likeness (QED) is 0.508. The fraction of sp³-hybridized carbons (Fsp3) is 0.240. The summed E-state index contributed by atoms with van der Waals surface area (Å²) in [6.07, 6.45) is 5.64. The number of imidazole rings is 1. The molecule has 0 bridgehead atoms. The largest absolute Gasteiger partial charge is 0.338 e. The number of hydrogen-bond donors (Lipinski definition) is 2. The van der Waals surface area contributed by atoms with Gasteiger partial charge < -0.3 is 10.3 Å². The number of aromatic nitrogens is 3. The molecule has 1 unspecified atom stereocenters. The summed E-state index contributed by atoms with van der Waals surface area (Å²) in [5.41, 5.74) is 4.96. The van der Waals surface area contributed by atoms with Crippen LogP contribution in [-0.2, 0) is 11.3 Å². The Morgan fingerprint density at radius 2 is 1.97 bits per heavy atom. The summed E-state index contributed by atoms with van der Waals surface area (Å²) in [6.45, 7) is 2.63. The van der Waals surface area contributed by atoms with Crippen LogP contribution in [0.15, 0.2) is 73.1 Å². The standard InChI is InChI=1S/C25H25N5O/c31-25(20-6-4-14-30(17-20)16-18-5-3-13-26-15-18)27-21-11-9-19(10-12-21)24-28-22-7-1-2-8-23(22)29-24/h1-3,5,7-13,15,20H,4,6,14,16-17H2,(H,27,31)(H,28,29). The molecule has 31 heavy (non-hydrogen) atoms. The number of nitrogens with zero attached hydrogens (tertiary/aromatic N) is 3. The van der Waals surface area contributed by atoms with Crippen molar-refractivity contribution < 1.29 is 4.79 Å². The highest BCUT2D eigenvalue weighted by atomic mass is 16.1. The van der Waals surface area contributed by atoms with E-state index >= 15 is 0 Å². The Labute approximate surface area is 181 Å². The number of aromatic amines is 1. The first-order chi connectivity index (χ1) is 15.2. The Kier molecular flexibility index (Phi) is 5.46. The normalized spacial score (nSPS) is 17.0. The van der Waals surface area contributed by atoms with Crippen LogP contribution in [0, 0.1) is 5.92 Å². The van der Waals surface area contributed by atoms with Gasteiger partial charge in [0.2, 0.25) is 5.91 Å². The summed E-state index contributed by atoms with van der Waals surface area (Å²) in [5.74, 6) is 0.922. The monoisotopic (exact) mass is 411 g/mol. The lowest BCUT2D eigenvalue weighted by molar-refractivity contribution is -0.121. The van der Waals surface area contributed by atoms with E-state index < -0.39 is 0 Å². The Hall–Kier alpha value is -3.51. The van der Waals surface area contributed by atoms with Gasteiger partial charge >= 0.3 is 0 Å². The zero-order valence-corrected chi connectivity index (χ0v) is 17.3. The van der Waals surface area contributed by atoms with Crippen molar-refractivity contribution in [2.75, 3.05) is 18.4 Å². The van der Waals surface area contributed by atoms with Gasteiger partial charge in [-0.1, -0.05) is 18.2 Å². The molecule has 156 valence electrons. The van der Waals surface area contributed by atoms with E-state index in [1.807, 2.05) is 60.8 Å². The number of para-hydroxylation sites is 2. The van der Waals surface area contributed by atoms with Gasteiger partial charge in [-0.2, -0.15) is 0 Å². The predicted octanol–water partition coefficient (Wildman–Crippen LogP) is 4.48. The van der Waals surface area contributed by atoms with E-state index in [4.69, 9.17) is 0 Å². The number of pyridine rings is 1. The SMILES string of the molecule is O=C(Nc1ccc(-c2nc3ccccc3[nH]2)cc1)C1CCCN(Cc2cccnc2)C1. The lowest BCUT2D eigenvalue weighted by Crippen LogP contribution is -2.40. The van der Waals surface area contributed by atoms with Gasteiger partial charge in [-0.25, -0.2) is 4.98 Å². The average Bonchev–Trinajstić information content (AvgIpc) is 3.25. The average molecular weight is 412 g/mol. The minimum absolute atomic E-state index is 0.000436. The van der Waals surface area contributed by atoms with Crippen LogP contribution in [0.5, 0.6) is 0 Å². The molecule has 1 amide bonds. The smallest absolute Gasteiger partial charge is 0.228 e. The Balaban J connectivity index is 1.21. The number of hydrogen-bond acceptors (Lipinski definition) is 4. The van der Waals surface area contributed by atoms with Gasteiger partial charge in [-0.3, -0.25) is 14.7 Å². The van der Waals surface area contributed by atoms with E-state index in [0.717, 1.165) is 60.6 Å². The second kappa shape index (κ2) is 8.70. The Bertz CT molecular complexity index is 1140. The molecule has 6 nitrogen and oxygen atoms in total. The minimum Gasteiger partial charge on any atom is -0.338 e. The molecule has 0 aliphatic carbocycles. The molecule has 0 saturated carbocycles. The first-order valence-corrected chi connectivity index (χ1v) is 10.7. The summed E-state index contributed by atoms with van der Waals surface area (Å²) in [6, 6.07) is 19.9. The molecule has 1 fully saturated rings. The summed E-state index contributed by atoms with van der Waals surface area (Å²) in [5, 5.41) is 3.09. The van der Waals surface area contributed by atoms with E-state index in [0.29, 0.717) is 0 Å². The molecule has 1 aliphatic heterocycles. The highest BCUT2D eigenvalue weighted by Crippen LogP contribution is 2.24. The number of likely N-dealkylation sites (tertiary alicyclic amines) is 1. The van der Waals surface area contributed by atoms with E-state index in [9.17, 15) is 4.79 Å². The zero-order valence-electron chi connectivity index (χ0n) is 17.3. The number of rotatable bonds is 5. The molecular weight excluding hydrogens is 386 g/mol. The molecule has 0 radical (unpaired) electrons. The molecule has 2 N–H and O–H groups in total. The second-order valence-corrected chi connectivity index (χ2v) is 8.10. The van der Waals surface area contributed by atoms with Crippen LogP contribution < -0.4 is 5.32 Å². The van der Waals surface area contributed by atoms with E-state index in [-0.39, 0.29) is 11.8 Å². The van der Waals surface area contributed by atoms with Crippen molar-refractivity contribution in [1.82, 2.24) is 19.9 Å². The van der Waals surface area contributed by atoms with Crippen LogP contribution in [0.25, 0.3) is 22.4 Å². The van der Waals surface area contributed by atoms with Gasteiger partial charge in [0.05, 0.1) is 17.0 Å². The molecule has 6 heteroatoms. The summed E-state index contributed by atoms with van der Waals surface area (Å²) in [7, 11) is 0. The molecule has 5 rings (SSSR count). The van der Waals surface area contributed by atoms with E-state index in [2.05, 4.69) is 31.2 Å². The van der Waals surface area contributed by atoms with Gasteiger partial charge in [0.25, 0.3) is 0 Å². The zero-order chi connectivity index (χ0) is 21.0. The van der Waals surface area contributed by atoms with Gasteiger partial charge in [-0.15, -0.1) is 0 Å². The van der Waals surface area contributed by atoms with Crippen molar-refractivity contribution in [3.63, 3.8) is 0 Å². The van der Waals surface area contributed by atoms with Crippen LogP contribution in [0.1, 0.15) is 18.4 Å². The number of amides is 1. The van der Waals surface area contributed by atoms with E-state index in [1.54, 1.807) is 6.20 Å². The van der Waals surface area contributed by atoms with Crippen LogP contribution in [0.3, 0.4) is 0 Å². The van der Waals surface area contributed by atoms with Gasteiger partial charge in [0.1, 0.15) is 5.82 Å². The topological polar surface area (TPSA) is 73.9 Å². The highest BCUT2D eigenvalue weighted by molar-refractivity contribution is 5.93. The van der Waals surface area contributed by atoms with Crippen molar-refractivity contribution in [1.29, 1.82) is 0 Å². The molecule has 1 atom stereocenters. The first-order valence-electron chi connectivity index (χ1n) is 10.7. The number of piperidine rings is 1. The van der Waals surface area contributed by atoms with E-state index in [1.165, 1.54) is 5.56 Å². The molecule has 2 aromatic heterocycles. The molecule has 0 spiro atoms. The first kappa shape index (κ1) is 19.5. The maximum atomic E-state index is 12.9.